The molecule has 2 atom stereocenters. The average molecular weight is 693 g/mol. The van der Waals surface area contributed by atoms with Crippen LogP contribution in [0.25, 0.3) is 31.5 Å². The van der Waals surface area contributed by atoms with E-state index < -0.39 is 39.4 Å². The average Bonchev–Trinajstić information content (AvgIpc) is 3.11. The van der Waals surface area contributed by atoms with Gasteiger partial charge >= 0.3 is 22.7 Å². The second-order valence-corrected chi connectivity index (χ2v) is 12.9. The van der Waals surface area contributed by atoms with E-state index in [0.717, 1.165) is 11.1 Å². The summed E-state index contributed by atoms with van der Waals surface area (Å²) in [5.41, 5.74) is 1.12. The Bertz CT molecular complexity index is 2350. The number of benzene rings is 6. The van der Waals surface area contributed by atoms with Gasteiger partial charge in [-0.25, -0.2) is 4.21 Å². The Kier molecular flexibility index (Phi) is 9.11. The minimum Gasteiger partial charge on any atom is -0.867 e. The Labute approximate surface area is 284 Å². The Hall–Kier alpha value is -6.06. The molecule has 0 heterocycles. The first-order chi connectivity index (χ1) is 23.6. The van der Waals surface area contributed by atoms with E-state index in [2.05, 4.69) is 9.95 Å². The zero-order valence-electron chi connectivity index (χ0n) is 25.8. The summed E-state index contributed by atoms with van der Waals surface area (Å²) < 4.78 is 41.7. The second-order valence-electron chi connectivity index (χ2n) is 11.2. The van der Waals surface area contributed by atoms with Crippen molar-refractivity contribution in [2.45, 2.75) is 24.2 Å². The fourth-order valence-electron chi connectivity index (χ4n) is 5.25. The van der Waals surface area contributed by atoms with Gasteiger partial charge in [-0.15, -0.1) is 0 Å². The van der Waals surface area contributed by atoms with Crippen molar-refractivity contribution in [1.82, 2.24) is 0 Å². The zero-order chi connectivity index (χ0) is 34.7. The molecule has 0 aliphatic heterocycles. The Morgan fingerprint density at radius 3 is 1.73 bits per heavy atom. The molecule has 0 radical (unpaired) electrons. The van der Waals surface area contributed by atoms with Crippen molar-refractivity contribution < 1.29 is 36.2 Å². The molecule has 49 heavy (non-hydrogen) atoms. The molecule has 0 aliphatic carbocycles. The fraction of sp³-hybridized carbons (Fsp3) is 0.0857. The monoisotopic (exact) mass is 692 g/mol. The molecule has 0 aliphatic rings. The largest absolute Gasteiger partial charge is 0.867 e. The van der Waals surface area contributed by atoms with Gasteiger partial charge < -0.3 is 23.5 Å². The molecule has 0 amide bonds. The van der Waals surface area contributed by atoms with Gasteiger partial charge in [0.1, 0.15) is 5.75 Å². The Balaban J connectivity index is 1.09. The lowest BCUT2D eigenvalue weighted by Crippen LogP contribution is -2.18. The standard InChI is InChI=1S/C35H24N4O8S2/c1-35(2,21-9-13-23(14-10-21)44-47-48(42)32-8-4-6-28-26(32)18-20-30(39-37)34(28)41)22-11-15-24(16-12-22)45-49(43)46-31-7-3-5-27-25(31)17-19-29(38-36)33(27)40/h3-20H,1-2H3. The SMILES string of the molecule is CC(C)(c1ccc(OOS(=O)c2cccc3c([O-])c([N+]#N)ccc23)cc1)c1ccc(OS(=O)Oc2cccc3c([O-])c([N+]#N)ccc23)cc1. The summed E-state index contributed by atoms with van der Waals surface area (Å²) >= 11 is -4.31. The van der Waals surface area contributed by atoms with Crippen molar-refractivity contribution in [3.63, 3.8) is 0 Å². The van der Waals surface area contributed by atoms with Crippen molar-refractivity contribution in [2.24, 2.45) is 0 Å². The van der Waals surface area contributed by atoms with Crippen LogP contribution >= 0.6 is 0 Å². The molecule has 12 nitrogen and oxygen atoms in total. The van der Waals surface area contributed by atoms with Crippen LogP contribution in [0.15, 0.2) is 114 Å². The summed E-state index contributed by atoms with van der Waals surface area (Å²) in [7, 11) is 0. The summed E-state index contributed by atoms with van der Waals surface area (Å²) in [5, 5.41) is 44.1. The van der Waals surface area contributed by atoms with Crippen LogP contribution in [-0.2, 0) is 32.2 Å². The lowest BCUT2D eigenvalue weighted by atomic mass is 9.78. The Morgan fingerprint density at radius 1 is 0.612 bits per heavy atom. The zero-order valence-corrected chi connectivity index (χ0v) is 27.4. The van der Waals surface area contributed by atoms with Gasteiger partial charge in [0.05, 0.1) is 4.90 Å². The van der Waals surface area contributed by atoms with Gasteiger partial charge in [0.25, 0.3) is 0 Å². The van der Waals surface area contributed by atoms with E-state index in [1.165, 1.54) is 30.3 Å². The highest BCUT2D eigenvalue weighted by Gasteiger charge is 2.24. The van der Waals surface area contributed by atoms with Gasteiger partial charge in [0, 0.05) is 28.3 Å². The van der Waals surface area contributed by atoms with Crippen molar-refractivity contribution in [3.05, 3.63) is 130 Å². The van der Waals surface area contributed by atoms with E-state index in [1.54, 1.807) is 54.6 Å². The van der Waals surface area contributed by atoms with Crippen LogP contribution < -0.4 is 23.5 Å². The second kappa shape index (κ2) is 13.6. The van der Waals surface area contributed by atoms with Gasteiger partial charge in [-0.05, 0) is 81.9 Å². The molecule has 6 aromatic rings. The quantitative estimate of drug-likeness (QED) is 0.0794. The predicted octanol–water partition coefficient (Wildman–Crippen LogP) is 7.50. The fourth-order valence-corrected chi connectivity index (χ4v) is 6.61. The van der Waals surface area contributed by atoms with Crippen LogP contribution in [-0.4, -0.2) is 8.42 Å². The maximum Gasteiger partial charge on any atom is 0.417 e. The molecular formula is C35H24N4O8S2. The van der Waals surface area contributed by atoms with E-state index in [-0.39, 0.29) is 32.8 Å². The molecular weight excluding hydrogens is 669 g/mol. The van der Waals surface area contributed by atoms with Crippen LogP contribution in [0.1, 0.15) is 25.0 Å². The number of fused-ring (bicyclic) bond motifs is 2. The first-order valence-electron chi connectivity index (χ1n) is 14.5. The maximum absolute atomic E-state index is 12.9. The minimum absolute atomic E-state index is 0.118. The van der Waals surface area contributed by atoms with Crippen molar-refractivity contribution in [1.29, 1.82) is 10.8 Å². The predicted molar refractivity (Wildman–Crippen MR) is 179 cm³/mol. The summed E-state index contributed by atoms with van der Waals surface area (Å²) in [5.74, 6) is -0.236. The van der Waals surface area contributed by atoms with Crippen LogP contribution in [0.5, 0.6) is 28.7 Å². The number of diazo groups is 2. The van der Waals surface area contributed by atoms with Gasteiger partial charge in [-0.1, -0.05) is 66.7 Å². The lowest BCUT2D eigenvalue weighted by Gasteiger charge is -2.26. The molecule has 0 bridgehead atoms. The number of nitrogens with zero attached hydrogens (tertiary/aromatic N) is 4. The number of hydrogen-bond donors (Lipinski definition) is 0. The van der Waals surface area contributed by atoms with Crippen molar-refractivity contribution in [2.75, 3.05) is 0 Å². The highest BCUT2D eigenvalue weighted by atomic mass is 32.2. The molecule has 0 N–H and O–H groups in total. The molecule has 0 saturated heterocycles. The molecule has 0 fully saturated rings. The molecule has 14 heteroatoms. The molecule has 0 saturated carbocycles. The van der Waals surface area contributed by atoms with Crippen molar-refractivity contribution in [3.8, 4) is 28.7 Å². The maximum atomic E-state index is 12.9. The molecule has 6 rings (SSSR count). The van der Waals surface area contributed by atoms with Gasteiger partial charge in [0.2, 0.25) is 21.9 Å². The third-order valence-corrected chi connectivity index (χ3v) is 9.51. The van der Waals surface area contributed by atoms with E-state index in [0.29, 0.717) is 22.3 Å². The molecule has 0 aromatic heterocycles. The molecule has 0 spiro atoms. The Morgan fingerprint density at radius 2 is 1.14 bits per heavy atom. The normalized spacial score (nSPS) is 12.5. The highest BCUT2D eigenvalue weighted by molar-refractivity contribution is 7.80. The van der Waals surface area contributed by atoms with E-state index in [4.69, 9.17) is 28.4 Å². The van der Waals surface area contributed by atoms with Crippen LogP contribution in [0, 0.1) is 10.8 Å². The van der Waals surface area contributed by atoms with Crippen LogP contribution in [0.3, 0.4) is 0 Å². The summed E-state index contributed by atoms with van der Waals surface area (Å²) in [6.07, 6.45) is 0. The topological polar surface area (TPSA) is 173 Å². The van der Waals surface area contributed by atoms with E-state index in [1.807, 2.05) is 38.1 Å². The van der Waals surface area contributed by atoms with Crippen LogP contribution in [0.4, 0.5) is 11.4 Å². The van der Waals surface area contributed by atoms with Crippen LogP contribution in [0.2, 0.25) is 0 Å². The van der Waals surface area contributed by atoms with E-state index in [9.17, 15) is 18.6 Å². The molecule has 2 unspecified atom stereocenters. The third kappa shape index (κ3) is 6.57. The summed E-state index contributed by atoms with van der Waals surface area (Å²) in [4.78, 5) is 11.5. The van der Waals surface area contributed by atoms with E-state index >= 15 is 0 Å². The number of hydrogen-bond acceptors (Lipinski definition) is 10. The van der Waals surface area contributed by atoms with Gasteiger partial charge in [-0.2, -0.15) is 4.21 Å². The lowest BCUT2D eigenvalue weighted by molar-refractivity contribution is -0.265. The van der Waals surface area contributed by atoms with Gasteiger partial charge in [0.15, 0.2) is 21.5 Å². The van der Waals surface area contributed by atoms with Crippen molar-refractivity contribution >= 4 is 55.4 Å². The smallest absolute Gasteiger partial charge is 0.417 e. The molecule has 244 valence electrons. The first-order valence-corrected chi connectivity index (χ1v) is 16.6. The summed E-state index contributed by atoms with van der Waals surface area (Å²) in [6.45, 7) is 4.04. The first kappa shape index (κ1) is 32.9. The number of rotatable bonds is 10. The molecule has 6 aromatic carbocycles. The summed E-state index contributed by atoms with van der Waals surface area (Å²) in [6, 6.07) is 29.0. The minimum atomic E-state index is -2.23. The highest BCUT2D eigenvalue weighted by Crippen LogP contribution is 2.38. The van der Waals surface area contributed by atoms with Gasteiger partial charge in [-0.3, -0.25) is 0 Å². The third-order valence-electron chi connectivity index (χ3n) is 7.96.